The summed E-state index contributed by atoms with van der Waals surface area (Å²) in [6.45, 7) is -0.408. The van der Waals surface area contributed by atoms with Crippen LogP contribution in [-0.2, 0) is 4.74 Å². The number of nitrogens with zero attached hydrogens (tertiary/aromatic N) is 2. The average molecular weight is 354 g/mol. The van der Waals surface area contributed by atoms with E-state index in [4.69, 9.17) is 44.6 Å². The number of hydrogen-bond donors (Lipinski definition) is 3. The first-order chi connectivity index (χ1) is 9.95. The summed E-state index contributed by atoms with van der Waals surface area (Å²) in [5.74, 6) is 0. The van der Waals surface area contributed by atoms with E-state index in [2.05, 4.69) is 4.98 Å². The van der Waals surface area contributed by atoms with Crippen molar-refractivity contribution >= 4 is 45.8 Å². The number of fused-ring (bicyclic) bond motifs is 1. The van der Waals surface area contributed by atoms with E-state index in [0.29, 0.717) is 11.0 Å². The molecular formula is C12H11Cl3N2O4. The molecule has 21 heavy (non-hydrogen) atoms. The van der Waals surface area contributed by atoms with E-state index >= 15 is 0 Å². The van der Waals surface area contributed by atoms with Crippen molar-refractivity contribution in [2.75, 3.05) is 6.61 Å². The second-order valence-corrected chi connectivity index (χ2v) is 5.90. The topological polar surface area (TPSA) is 87.7 Å². The zero-order valence-electron chi connectivity index (χ0n) is 10.4. The van der Waals surface area contributed by atoms with Crippen LogP contribution in [0, 0.1) is 0 Å². The summed E-state index contributed by atoms with van der Waals surface area (Å²) in [5, 5.41) is 29.6. The minimum atomic E-state index is -1.22. The number of aliphatic hydroxyl groups is 3. The molecule has 9 heteroatoms. The fourth-order valence-electron chi connectivity index (χ4n) is 2.39. The van der Waals surface area contributed by atoms with Gasteiger partial charge in [0.2, 0.25) is 0 Å². The maximum absolute atomic E-state index is 10.1. The fraction of sp³-hybridized carbons (Fsp3) is 0.417. The molecule has 0 amide bonds. The summed E-state index contributed by atoms with van der Waals surface area (Å²) < 4.78 is 6.94. The van der Waals surface area contributed by atoms with Crippen molar-refractivity contribution < 1.29 is 20.1 Å². The Morgan fingerprint density at radius 3 is 2.52 bits per heavy atom. The second kappa shape index (κ2) is 5.55. The van der Waals surface area contributed by atoms with Crippen LogP contribution in [0.5, 0.6) is 0 Å². The predicted molar refractivity (Wildman–Crippen MR) is 77.8 cm³/mol. The number of ether oxygens (including phenoxy) is 1. The highest BCUT2D eigenvalue weighted by molar-refractivity contribution is 6.50. The Balaban J connectivity index is 2.10. The fourth-order valence-corrected chi connectivity index (χ4v) is 3.03. The first-order valence-electron chi connectivity index (χ1n) is 6.08. The number of aliphatic hydroxyl groups excluding tert-OH is 3. The molecule has 1 aliphatic rings. The van der Waals surface area contributed by atoms with Crippen LogP contribution in [0.15, 0.2) is 12.4 Å². The summed E-state index contributed by atoms with van der Waals surface area (Å²) in [5.41, 5.74) is 0.910. The van der Waals surface area contributed by atoms with Crippen molar-refractivity contribution in [3.05, 3.63) is 27.5 Å². The van der Waals surface area contributed by atoms with E-state index in [0.717, 1.165) is 0 Å². The molecule has 0 spiro atoms. The molecule has 0 aliphatic carbocycles. The van der Waals surface area contributed by atoms with Crippen molar-refractivity contribution in [3.63, 3.8) is 0 Å². The summed E-state index contributed by atoms with van der Waals surface area (Å²) in [6, 6.07) is 1.55. The average Bonchev–Trinajstić information content (AvgIpc) is 2.99. The van der Waals surface area contributed by atoms with Gasteiger partial charge in [0.1, 0.15) is 23.8 Å². The van der Waals surface area contributed by atoms with Gasteiger partial charge >= 0.3 is 0 Å². The van der Waals surface area contributed by atoms with E-state index < -0.39 is 31.1 Å². The zero-order valence-corrected chi connectivity index (χ0v) is 12.7. The molecule has 6 nitrogen and oxygen atoms in total. The van der Waals surface area contributed by atoms with Gasteiger partial charge in [0.05, 0.1) is 33.5 Å². The van der Waals surface area contributed by atoms with Gasteiger partial charge in [-0.1, -0.05) is 34.8 Å². The lowest BCUT2D eigenvalue weighted by atomic mass is 10.1. The van der Waals surface area contributed by atoms with Gasteiger partial charge in [-0.3, -0.25) is 0 Å². The summed E-state index contributed by atoms with van der Waals surface area (Å²) >= 11 is 18.0. The molecule has 0 saturated carbocycles. The minimum absolute atomic E-state index is 0.192. The Bertz CT molecular complexity index is 693. The third-order valence-corrected chi connectivity index (χ3v) is 4.75. The number of aromatic nitrogens is 2. The van der Waals surface area contributed by atoms with Gasteiger partial charge in [-0.25, -0.2) is 4.98 Å². The van der Waals surface area contributed by atoms with Crippen LogP contribution in [0.1, 0.15) is 6.23 Å². The zero-order chi connectivity index (χ0) is 15.3. The predicted octanol–water partition coefficient (Wildman–Crippen LogP) is 1.61. The molecule has 114 valence electrons. The smallest absolute Gasteiger partial charge is 0.164 e. The molecule has 1 aromatic heterocycles. The molecule has 3 N–H and O–H groups in total. The van der Waals surface area contributed by atoms with E-state index in [-0.39, 0.29) is 15.1 Å². The molecule has 2 heterocycles. The van der Waals surface area contributed by atoms with Gasteiger partial charge < -0.3 is 24.6 Å². The highest BCUT2D eigenvalue weighted by Gasteiger charge is 2.43. The molecule has 1 saturated heterocycles. The third kappa shape index (κ3) is 2.31. The largest absolute Gasteiger partial charge is 0.394 e. The van der Waals surface area contributed by atoms with Crippen LogP contribution in [0.25, 0.3) is 11.0 Å². The molecule has 4 atom stereocenters. The standard InChI is InChI=1S/C12H11Cl3N2O4/c13-4-1-5-9(8(15)7(4)14)16-3-17(5)12-11(20)10(19)6(2-18)21-12/h1,3,6,10-12,18-20H,2H2/t6-,10+,11-,12-/m1/s1. The van der Waals surface area contributed by atoms with Crippen LogP contribution in [0.3, 0.4) is 0 Å². The van der Waals surface area contributed by atoms with Gasteiger partial charge in [0.25, 0.3) is 0 Å². The SMILES string of the molecule is OC[C@H]1O[C@@H](n2cnc3c(Cl)c(Cl)c(Cl)cc32)[C@H](O)[C@H]1O. The van der Waals surface area contributed by atoms with Crippen LogP contribution in [-0.4, -0.2) is 49.8 Å². The first kappa shape index (κ1) is 15.3. The van der Waals surface area contributed by atoms with E-state index in [1.165, 1.54) is 10.9 Å². The number of rotatable bonds is 2. The molecule has 0 bridgehead atoms. The van der Waals surface area contributed by atoms with E-state index in [9.17, 15) is 10.2 Å². The Morgan fingerprint density at radius 2 is 1.90 bits per heavy atom. The van der Waals surface area contributed by atoms with E-state index in [1.54, 1.807) is 6.07 Å². The molecule has 2 aromatic rings. The molecular weight excluding hydrogens is 343 g/mol. The Kier molecular flexibility index (Phi) is 4.04. The highest BCUT2D eigenvalue weighted by Crippen LogP contribution is 2.38. The number of halogens is 3. The Hall–Kier alpha value is -0.600. The maximum Gasteiger partial charge on any atom is 0.164 e. The Morgan fingerprint density at radius 1 is 1.19 bits per heavy atom. The van der Waals surface area contributed by atoms with Gasteiger partial charge in [0.15, 0.2) is 6.23 Å². The highest BCUT2D eigenvalue weighted by atomic mass is 35.5. The second-order valence-electron chi connectivity index (χ2n) is 4.73. The van der Waals surface area contributed by atoms with Crippen molar-refractivity contribution in [2.24, 2.45) is 0 Å². The van der Waals surface area contributed by atoms with Crippen LogP contribution < -0.4 is 0 Å². The third-order valence-electron chi connectivity index (χ3n) is 3.50. The van der Waals surface area contributed by atoms with Gasteiger partial charge in [-0.2, -0.15) is 0 Å². The molecule has 1 aliphatic heterocycles. The summed E-state index contributed by atoms with van der Waals surface area (Å²) in [4.78, 5) is 4.13. The lowest BCUT2D eigenvalue weighted by molar-refractivity contribution is -0.0508. The van der Waals surface area contributed by atoms with Crippen molar-refractivity contribution in [2.45, 2.75) is 24.5 Å². The molecule has 3 rings (SSSR count). The minimum Gasteiger partial charge on any atom is -0.394 e. The summed E-state index contributed by atoms with van der Waals surface area (Å²) in [7, 11) is 0. The van der Waals surface area contributed by atoms with Crippen LogP contribution >= 0.6 is 34.8 Å². The van der Waals surface area contributed by atoms with Gasteiger partial charge in [-0.05, 0) is 6.07 Å². The molecule has 0 radical (unpaired) electrons. The quantitative estimate of drug-likeness (QED) is 0.714. The van der Waals surface area contributed by atoms with Crippen LogP contribution in [0.4, 0.5) is 0 Å². The van der Waals surface area contributed by atoms with Crippen molar-refractivity contribution in [3.8, 4) is 0 Å². The monoisotopic (exact) mass is 352 g/mol. The maximum atomic E-state index is 10.1. The van der Waals surface area contributed by atoms with E-state index in [1.807, 2.05) is 0 Å². The lowest BCUT2D eigenvalue weighted by Gasteiger charge is -2.17. The molecule has 1 aromatic carbocycles. The molecule has 1 fully saturated rings. The molecule has 0 unspecified atom stereocenters. The normalized spacial score (nSPS) is 29.4. The number of benzene rings is 1. The summed E-state index contributed by atoms with van der Waals surface area (Å²) in [6.07, 6.45) is -2.79. The lowest BCUT2D eigenvalue weighted by Crippen LogP contribution is -2.33. The van der Waals surface area contributed by atoms with Gasteiger partial charge in [-0.15, -0.1) is 0 Å². The van der Waals surface area contributed by atoms with Crippen LogP contribution in [0.2, 0.25) is 15.1 Å². The first-order valence-corrected chi connectivity index (χ1v) is 7.21. The number of hydrogen-bond acceptors (Lipinski definition) is 5. The van der Waals surface area contributed by atoms with Crippen molar-refractivity contribution in [1.82, 2.24) is 9.55 Å². The number of imidazole rings is 1. The van der Waals surface area contributed by atoms with Crippen molar-refractivity contribution in [1.29, 1.82) is 0 Å². The van der Waals surface area contributed by atoms with Gasteiger partial charge in [0, 0.05) is 0 Å². The Labute approximate surface area is 134 Å².